The number of nitrogen functional groups attached to an aromatic ring is 1. The molecule has 3 nitrogen and oxygen atoms in total. The standard InChI is InChI=1S/C13H14N2OS/c14-11-6-7-13(15-8-11)17-9-12(16)10-4-2-1-3-5-10/h1-8,12,16H,9,14H2. The average Bonchev–Trinajstić information content (AvgIpc) is 2.39. The van der Waals surface area contributed by atoms with Gasteiger partial charge >= 0.3 is 0 Å². The Morgan fingerprint density at radius 1 is 1.18 bits per heavy atom. The first kappa shape index (κ1) is 12.0. The number of benzene rings is 1. The van der Waals surface area contributed by atoms with Gasteiger partial charge in [-0.3, -0.25) is 0 Å². The summed E-state index contributed by atoms with van der Waals surface area (Å²) in [4.78, 5) is 4.17. The number of thioether (sulfide) groups is 1. The largest absolute Gasteiger partial charge is 0.397 e. The first-order valence-electron chi connectivity index (χ1n) is 5.33. The van der Waals surface area contributed by atoms with Gasteiger partial charge in [0, 0.05) is 5.75 Å². The Kier molecular flexibility index (Phi) is 4.01. The van der Waals surface area contributed by atoms with E-state index in [2.05, 4.69) is 4.98 Å². The van der Waals surface area contributed by atoms with Crippen molar-refractivity contribution in [2.75, 3.05) is 11.5 Å². The normalized spacial score (nSPS) is 12.3. The second kappa shape index (κ2) is 5.70. The molecule has 88 valence electrons. The van der Waals surface area contributed by atoms with Crippen LogP contribution in [0, 0.1) is 0 Å². The van der Waals surface area contributed by atoms with Gasteiger partial charge in [-0.15, -0.1) is 11.8 Å². The van der Waals surface area contributed by atoms with Crippen molar-refractivity contribution in [3.8, 4) is 0 Å². The van der Waals surface area contributed by atoms with Gasteiger partial charge in [0.2, 0.25) is 0 Å². The fraction of sp³-hybridized carbons (Fsp3) is 0.154. The van der Waals surface area contributed by atoms with Crippen molar-refractivity contribution >= 4 is 17.4 Å². The van der Waals surface area contributed by atoms with Crippen LogP contribution in [0.2, 0.25) is 0 Å². The number of hydrogen-bond donors (Lipinski definition) is 2. The molecule has 0 bridgehead atoms. The summed E-state index contributed by atoms with van der Waals surface area (Å²) in [6.07, 6.45) is 1.15. The molecule has 3 N–H and O–H groups in total. The maximum Gasteiger partial charge on any atom is 0.0962 e. The van der Waals surface area contributed by atoms with Crippen LogP contribution in [-0.4, -0.2) is 15.8 Å². The molecule has 0 amide bonds. The highest BCUT2D eigenvalue weighted by Gasteiger charge is 2.07. The molecule has 0 radical (unpaired) electrons. The third-order valence-electron chi connectivity index (χ3n) is 2.33. The van der Waals surface area contributed by atoms with Gasteiger partial charge in [-0.05, 0) is 17.7 Å². The second-order valence-electron chi connectivity index (χ2n) is 3.67. The highest BCUT2D eigenvalue weighted by atomic mass is 32.2. The van der Waals surface area contributed by atoms with Crippen LogP contribution in [0.4, 0.5) is 5.69 Å². The van der Waals surface area contributed by atoms with E-state index >= 15 is 0 Å². The van der Waals surface area contributed by atoms with E-state index in [1.165, 1.54) is 11.8 Å². The number of nitrogens with two attached hydrogens (primary N) is 1. The van der Waals surface area contributed by atoms with Crippen LogP contribution in [0.3, 0.4) is 0 Å². The number of rotatable bonds is 4. The Morgan fingerprint density at radius 3 is 2.59 bits per heavy atom. The summed E-state index contributed by atoms with van der Waals surface area (Å²) in [5, 5.41) is 10.8. The predicted molar refractivity (Wildman–Crippen MR) is 70.8 cm³/mol. The van der Waals surface area contributed by atoms with E-state index in [-0.39, 0.29) is 0 Å². The van der Waals surface area contributed by atoms with Gasteiger partial charge in [-0.1, -0.05) is 30.3 Å². The van der Waals surface area contributed by atoms with Crippen LogP contribution in [0.15, 0.2) is 53.7 Å². The molecule has 2 rings (SSSR count). The van der Waals surface area contributed by atoms with Crippen molar-refractivity contribution in [3.63, 3.8) is 0 Å². The quantitative estimate of drug-likeness (QED) is 0.814. The smallest absolute Gasteiger partial charge is 0.0962 e. The van der Waals surface area contributed by atoms with Crippen molar-refractivity contribution in [3.05, 3.63) is 54.2 Å². The molecule has 4 heteroatoms. The van der Waals surface area contributed by atoms with Crippen LogP contribution >= 0.6 is 11.8 Å². The zero-order valence-electron chi connectivity index (χ0n) is 9.28. The van der Waals surface area contributed by atoms with Crippen LogP contribution in [0.25, 0.3) is 0 Å². The third-order valence-corrected chi connectivity index (χ3v) is 3.35. The topological polar surface area (TPSA) is 59.1 Å². The lowest BCUT2D eigenvalue weighted by Crippen LogP contribution is -2.00. The Bertz CT molecular complexity index is 459. The van der Waals surface area contributed by atoms with Crippen molar-refractivity contribution in [2.24, 2.45) is 0 Å². The Morgan fingerprint density at radius 2 is 1.94 bits per heavy atom. The van der Waals surface area contributed by atoms with Gasteiger partial charge in [0.05, 0.1) is 23.0 Å². The third kappa shape index (κ3) is 3.47. The molecular formula is C13H14N2OS. The molecule has 17 heavy (non-hydrogen) atoms. The van der Waals surface area contributed by atoms with E-state index in [1.807, 2.05) is 42.5 Å². The van der Waals surface area contributed by atoms with Gasteiger partial charge in [0.1, 0.15) is 0 Å². The summed E-state index contributed by atoms with van der Waals surface area (Å²) in [5.41, 5.74) is 7.13. The predicted octanol–water partition coefficient (Wildman–Crippen LogP) is 2.49. The zero-order valence-corrected chi connectivity index (χ0v) is 10.1. The lowest BCUT2D eigenvalue weighted by molar-refractivity contribution is 0.204. The minimum Gasteiger partial charge on any atom is -0.397 e. The summed E-state index contributed by atoms with van der Waals surface area (Å²) >= 11 is 1.52. The molecule has 1 aromatic heterocycles. The summed E-state index contributed by atoms with van der Waals surface area (Å²) < 4.78 is 0. The molecule has 0 aliphatic rings. The average molecular weight is 246 g/mol. The molecule has 0 saturated carbocycles. The van der Waals surface area contributed by atoms with Gasteiger partial charge in [0.25, 0.3) is 0 Å². The highest BCUT2D eigenvalue weighted by Crippen LogP contribution is 2.23. The highest BCUT2D eigenvalue weighted by molar-refractivity contribution is 7.99. The molecule has 1 unspecified atom stereocenters. The van der Waals surface area contributed by atoms with Crippen LogP contribution < -0.4 is 5.73 Å². The maximum atomic E-state index is 9.96. The number of aliphatic hydroxyl groups is 1. The first-order chi connectivity index (χ1) is 8.25. The van der Waals surface area contributed by atoms with Gasteiger partial charge in [0.15, 0.2) is 0 Å². The lowest BCUT2D eigenvalue weighted by atomic mass is 10.1. The fourth-order valence-electron chi connectivity index (χ4n) is 1.41. The van der Waals surface area contributed by atoms with Crippen molar-refractivity contribution in [2.45, 2.75) is 11.1 Å². The molecule has 0 spiro atoms. The van der Waals surface area contributed by atoms with Crippen LogP contribution in [0.5, 0.6) is 0 Å². The molecule has 0 aliphatic carbocycles. The summed E-state index contributed by atoms with van der Waals surface area (Å²) in [6.45, 7) is 0. The monoisotopic (exact) mass is 246 g/mol. The van der Waals surface area contributed by atoms with Crippen LogP contribution in [0.1, 0.15) is 11.7 Å². The van der Waals surface area contributed by atoms with Gasteiger partial charge in [-0.25, -0.2) is 4.98 Å². The Labute approximate surface area is 105 Å². The molecular weight excluding hydrogens is 232 g/mol. The molecule has 1 atom stereocenters. The summed E-state index contributed by atoms with van der Waals surface area (Å²) in [7, 11) is 0. The number of nitrogens with zero attached hydrogens (tertiary/aromatic N) is 1. The zero-order chi connectivity index (χ0) is 12.1. The van der Waals surface area contributed by atoms with E-state index < -0.39 is 6.10 Å². The number of aliphatic hydroxyl groups excluding tert-OH is 1. The number of pyridine rings is 1. The van der Waals surface area contributed by atoms with E-state index in [9.17, 15) is 5.11 Å². The van der Waals surface area contributed by atoms with E-state index in [0.717, 1.165) is 10.6 Å². The minimum absolute atomic E-state index is 0.472. The van der Waals surface area contributed by atoms with Crippen molar-refractivity contribution < 1.29 is 5.11 Å². The molecule has 0 saturated heterocycles. The maximum absolute atomic E-state index is 9.96. The van der Waals surface area contributed by atoms with E-state index in [1.54, 1.807) is 6.20 Å². The molecule has 0 aliphatic heterocycles. The fourth-order valence-corrected chi connectivity index (χ4v) is 2.23. The van der Waals surface area contributed by atoms with Gasteiger partial charge in [-0.2, -0.15) is 0 Å². The first-order valence-corrected chi connectivity index (χ1v) is 6.31. The number of aromatic nitrogens is 1. The molecule has 1 aromatic carbocycles. The second-order valence-corrected chi connectivity index (χ2v) is 4.71. The molecule has 1 heterocycles. The van der Waals surface area contributed by atoms with E-state index in [0.29, 0.717) is 11.4 Å². The molecule has 0 fully saturated rings. The SMILES string of the molecule is Nc1ccc(SCC(O)c2ccccc2)nc1. The van der Waals surface area contributed by atoms with Crippen LogP contribution in [-0.2, 0) is 0 Å². The summed E-state index contributed by atoms with van der Waals surface area (Å²) in [6, 6.07) is 13.3. The number of anilines is 1. The Hall–Kier alpha value is -1.52. The minimum atomic E-state index is -0.472. The lowest BCUT2D eigenvalue weighted by Gasteiger charge is -2.09. The molecule has 2 aromatic rings. The number of hydrogen-bond acceptors (Lipinski definition) is 4. The Balaban J connectivity index is 1.92. The van der Waals surface area contributed by atoms with Crippen molar-refractivity contribution in [1.82, 2.24) is 4.98 Å². The van der Waals surface area contributed by atoms with Gasteiger partial charge < -0.3 is 10.8 Å². The summed E-state index contributed by atoms with van der Waals surface area (Å²) in [5.74, 6) is 0.584. The van der Waals surface area contributed by atoms with E-state index in [4.69, 9.17) is 5.73 Å². The van der Waals surface area contributed by atoms with Crippen molar-refractivity contribution in [1.29, 1.82) is 0 Å².